The number of halogens is 3. The van der Waals surface area contributed by atoms with Crippen LogP contribution in [-0.4, -0.2) is 23.9 Å². The lowest BCUT2D eigenvalue weighted by Gasteiger charge is -2.28. The van der Waals surface area contributed by atoms with Crippen molar-refractivity contribution in [1.82, 2.24) is 3.71 Å². The molecule has 0 heterocycles. The molecular weight excluding hydrogens is 315 g/mol. The van der Waals surface area contributed by atoms with Crippen molar-refractivity contribution in [2.45, 2.75) is 19.4 Å². The Morgan fingerprint density at radius 1 is 1.38 bits per heavy atom. The van der Waals surface area contributed by atoms with Gasteiger partial charge in [0.25, 0.3) is 0 Å². The minimum atomic E-state index is -3.63. The maximum Gasteiger partial charge on any atom is 0.222 e. The maximum absolute atomic E-state index is 11.5. The van der Waals surface area contributed by atoms with Gasteiger partial charge in [-0.1, -0.05) is 34.8 Å². The van der Waals surface area contributed by atoms with Crippen LogP contribution < -0.4 is 0 Å². The summed E-state index contributed by atoms with van der Waals surface area (Å²) >= 11 is 17.0. The van der Waals surface area contributed by atoms with E-state index in [0.29, 0.717) is 11.9 Å². The molecule has 4 nitrogen and oxygen atoms in total. The molecule has 0 fully saturated rings. The van der Waals surface area contributed by atoms with Crippen molar-refractivity contribution >= 4 is 56.8 Å². The topological polar surface area (TPSA) is 61.2 Å². The molecule has 0 radical (unpaired) electrons. The van der Waals surface area contributed by atoms with Gasteiger partial charge in [-0.05, 0) is 25.8 Å². The Hall–Kier alpha value is 0.360. The van der Waals surface area contributed by atoms with Gasteiger partial charge in [0, 0.05) is 0 Å². The molecule has 0 N–H and O–H groups in total. The summed E-state index contributed by atoms with van der Waals surface area (Å²) in [6.45, 7) is 2.88. The standard InChI is InChI=1S/C7H9Cl3N2O2S2/c1-7(2,4-11)12(16(3,13)14)15-6(10)5(8)9/h1-3H3. The van der Waals surface area contributed by atoms with Crippen molar-refractivity contribution in [3.8, 4) is 6.07 Å². The first-order valence-corrected chi connectivity index (χ1v) is 7.58. The lowest BCUT2D eigenvalue weighted by atomic mass is 10.1. The quantitative estimate of drug-likeness (QED) is 0.746. The highest BCUT2D eigenvalue weighted by atomic mass is 35.5. The summed E-state index contributed by atoms with van der Waals surface area (Å²) in [4.78, 5) is 0. The lowest BCUT2D eigenvalue weighted by Crippen LogP contribution is -2.41. The van der Waals surface area contributed by atoms with E-state index in [9.17, 15) is 8.42 Å². The monoisotopic (exact) mass is 322 g/mol. The van der Waals surface area contributed by atoms with Gasteiger partial charge in [-0.25, -0.2) is 8.42 Å². The number of rotatable bonds is 4. The molecule has 92 valence electrons. The number of nitrogens with zero attached hydrogens (tertiary/aromatic N) is 2. The Balaban J connectivity index is 5.35. The van der Waals surface area contributed by atoms with Crippen LogP contribution in [0.5, 0.6) is 0 Å². The van der Waals surface area contributed by atoms with E-state index in [1.807, 2.05) is 6.07 Å². The van der Waals surface area contributed by atoms with E-state index < -0.39 is 15.6 Å². The fourth-order valence-corrected chi connectivity index (χ4v) is 3.40. The van der Waals surface area contributed by atoms with Crippen LogP contribution in [0, 0.1) is 11.3 Å². The van der Waals surface area contributed by atoms with Crippen LogP contribution in [-0.2, 0) is 10.0 Å². The van der Waals surface area contributed by atoms with Crippen molar-refractivity contribution in [3.05, 3.63) is 8.86 Å². The molecule has 0 aliphatic carbocycles. The van der Waals surface area contributed by atoms with E-state index in [4.69, 9.17) is 40.1 Å². The fourth-order valence-electron chi connectivity index (χ4n) is 0.744. The Kier molecular flexibility index (Phi) is 5.93. The molecule has 0 saturated heterocycles. The smallest absolute Gasteiger partial charge is 0.212 e. The minimum absolute atomic E-state index is 0.114. The van der Waals surface area contributed by atoms with Crippen molar-refractivity contribution < 1.29 is 8.42 Å². The van der Waals surface area contributed by atoms with Gasteiger partial charge in [0.15, 0.2) is 0 Å². The average Bonchev–Trinajstić information content (AvgIpc) is 2.11. The van der Waals surface area contributed by atoms with Crippen LogP contribution in [0.4, 0.5) is 0 Å². The summed E-state index contributed by atoms with van der Waals surface area (Å²) in [5.41, 5.74) is -1.26. The molecule has 9 heteroatoms. The van der Waals surface area contributed by atoms with Crippen LogP contribution in [0.1, 0.15) is 13.8 Å². The highest BCUT2D eigenvalue weighted by molar-refractivity contribution is 8.11. The van der Waals surface area contributed by atoms with Crippen LogP contribution in [0.25, 0.3) is 0 Å². The van der Waals surface area contributed by atoms with E-state index in [-0.39, 0.29) is 8.86 Å². The third-order valence-corrected chi connectivity index (χ3v) is 5.62. The number of nitriles is 1. The van der Waals surface area contributed by atoms with Gasteiger partial charge in [-0.3, -0.25) is 0 Å². The largest absolute Gasteiger partial charge is 0.222 e. The van der Waals surface area contributed by atoms with E-state index in [1.165, 1.54) is 13.8 Å². The van der Waals surface area contributed by atoms with Gasteiger partial charge >= 0.3 is 0 Å². The number of hydrogen-bond acceptors (Lipinski definition) is 4. The SMILES string of the molecule is CC(C)(C#N)N(SC(Cl)=C(Cl)Cl)S(C)(=O)=O. The molecule has 16 heavy (non-hydrogen) atoms. The summed E-state index contributed by atoms with van der Waals surface area (Å²) < 4.78 is 23.4. The van der Waals surface area contributed by atoms with Crippen LogP contribution in [0.15, 0.2) is 8.86 Å². The van der Waals surface area contributed by atoms with Gasteiger partial charge in [0.05, 0.1) is 12.3 Å². The third-order valence-electron chi connectivity index (χ3n) is 1.34. The Labute approximate surface area is 114 Å². The van der Waals surface area contributed by atoms with Crippen molar-refractivity contribution in [3.63, 3.8) is 0 Å². The minimum Gasteiger partial charge on any atom is -0.212 e. The normalized spacial score (nSPS) is 12.4. The first-order chi connectivity index (χ1) is 7.02. The zero-order valence-electron chi connectivity index (χ0n) is 8.66. The molecule has 0 bridgehead atoms. The van der Waals surface area contributed by atoms with E-state index in [2.05, 4.69) is 0 Å². The zero-order chi connectivity index (χ0) is 13.1. The first-order valence-electron chi connectivity index (χ1n) is 3.83. The van der Waals surface area contributed by atoms with Gasteiger partial charge in [-0.2, -0.15) is 5.26 Å². The molecule has 0 aromatic carbocycles. The predicted octanol–water partition coefficient (Wildman–Crippen LogP) is 3.04. The molecule has 0 unspecified atom stereocenters. The second-order valence-electron chi connectivity index (χ2n) is 3.29. The Bertz CT molecular complexity index is 435. The molecule has 0 atom stereocenters. The maximum atomic E-state index is 11.5. The summed E-state index contributed by atoms with van der Waals surface area (Å²) in [5, 5.41) is 8.88. The first kappa shape index (κ1) is 16.4. The number of sulfonamides is 1. The molecule has 0 spiro atoms. The van der Waals surface area contributed by atoms with Gasteiger partial charge in [0.2, 0.25) is 10.0 Å². The highest BCUT2D eigenvalue weighted by Gasteiger charge is 2.35. The summed E-state index contributed by atoms with van der Waals surface area (Å²) in [5.74, 6) is 0. The van der Waals surface area contributed by atoms with Gasteiger partial charge in [0.1, 0.15) is 14.4 Å². The number of hydrogen-bond donors (Lipinski definition) is 0. The summed E-state index contributed by atoms with van der Waals surface area (Å²) in [6.07, 6.45) is 0.964. The molecule has 0 aliphatic rings. The van der Waals surface area contributed by atoms with Crippen LogP contribution in [0.2, 0.25) is 0 Å². The zero-order valence-corrected chi connectivity index (χ0v) is 12.6. The second kappa shape index (κ2) is 5.80. The van der Waals surface area contributed by atoms with E-state index >= 15 is 0 Å². The summed E-state index contributed by atoms with van der Waals surface area (Å²) in [7, 11) is -3.63. The Morgan fingerprint density at radius 3 is 2.06 bits per heavy atom. The third kappa shape index (κ3) is 4.70. The molecule has 0 rings (SSSR count). The summed E-state index contributed by atoms with van der Waals surface area (Å²) in [6, 6.07) is 1.85. The highest BCUT2D eigenvalue weighted by Crippen LogP contribution is 2.37. The molecule has 0 aromatic heterocycles. The van der Waals surface area contributed by atoms with Crippen molar-refractivity contribution in [1.29, 1.82) is 5.26 Å². The second-order valence-corrected chi connectivity index (χ2v) is 7.86. The van der Waals surface area contributed by atoms with Gasteiger partial charge in [-0.15, -0.1) is 3.71 Å². The Morgan fingerprint density at radius 2 is 1.81 bits per heavy atom. The molecule has 0 saturated carbocycles. The molecular formula is C7H9Cl3N2O2S2. The van der Waals surface area contributed by atoms with Crippen molar-refractivity contribution in [2.24, 2.45) is 0 Å². The van der Waals surface area contributed by atoms with Gasteiger partial charge < -0.3 is 0 Å². The lowest BCUT2D eigenvalue weighted by molar-refractivity contribution is 0.435. The van der Waals surface area contributed by atoms with E-state index in [1.54, 1.807) is 0 Å². The van der Waals surface area contributed by atoms with Crippen LogP contribution >= 0.6 is 46.8 Å². The molecule has 0 aromatic rings. The van der Waals surface area contributed by atoms with Crippen molar-refractivity contribution in [2.75, 3.05) is 6.26 Å². The fraction of sp³-hybridized carbons (Fsp3) is 0.571. The van der Waals surface area contributed by atoms with Crippen LogP contribution in [0.3, 0.4) is 0 Å². The average molecular weight is 324 g/mol. The molecule has 0 amide bonds. The predicted molar refractivity (Wildman–Crippen MR) is 68.6 cm³/mol. The van der Waals surface area contributed by atoms with E-state index in [0.717, 1.165) is 9.97 Å². The molecule has 0 aliphatic heterocycles.